The van der Waals surface area contributed by atoms with Gasteiger partial charge in [-0.3, -0.25) is 19.2 Å². The minimum absolute atomic E-state index is 0.0448. The summed E-state index contributed by atoms with van der Waals surface area (Å²) in [5.41, 5.74) is 0. The molecule has 3 N–H and O–H groups in total. The molecule has 4 rings (SSSR count). The zero-order valence-electron chi connectivity index (χ0n) is 43.6. The Morgan fingerprint density at radius 1 is 0.500 bits per heavy atom. The van der Waals surface area contributed by atoms with Gasteiger partial charge in [0.25, 0.3) is 0 Å². The molecule has 0 unspecified atom stereocenters. The van der Waals surface area contributed by atoms with Crippen LogP contribution in [0.25, 0.3) is 0 Å². The summed E-state index contributed by atoms with van der Waals surface area (Å²) in [6.07, 6.45) is 21.0. The van der Waals surface area contributed by atoms with Crippen molar-refractivity contribution in [1.82, 2.24) is 10.6 Å². The van der Waals surface area contributed by atoms with Crippen LogP contribution in [-0.2, 0) is 61.8 Å². The molecule has 16 nitrogen and oxygen atoms in total. The molecule has 396 valence electrons. The van der Waals surface area contributed by atoms with E-state index in [1.807, 2.05) is 20.8 Å². The molecule has 4 saturated heterocycles. The molecule has 0 aromatic rings. The second kappa shape index (κ2) is 32.5. The Morgan fingerprint density at radius 3 is 1.35 bits per heavy atom. The molecule has 0 aromatic carbocycles. The molecule has 0 saturated carbocycles. The molecule has 16 heteroatoms. The van der Waals surface area contributed by atoms with E-state index in [1.54, 1.807) is 27.7 Å². The lowest BCUT2D eigenvalue weighted by molar-refractivity contribution is -0.236. The number of hydrogen-bond acceptors (Lipinski definition) is 14. The number of carbonyl (C=O) groups excluding carboxylic acids is 4. The molecule has 2 amide bonds. The van der Waals surface area contributed by atoms with Gasteiger partial charge in [0, 0.05) is 19.4 Å². The predicted molar refractivity (Wildman–Crippen MR) is 258 cm³/mol. The molecule has 4 fully saturated rings. The summed E-state index contributed by atoms with van der Waals surface area (Å²) in [6.45, 7) is 18.5. The van der Waals surface area contributed by atoms with Crippen LogP contribution < -0.4 is 10.6 Å². The highest BCUT2D eigenvalue weighted by molar-refractivity contribution is 5.82. The van der Waals surface area contributed by atoms with Crippen molar-refractivity contribution in [3.8, 4) is 0 Å². The zero-order chi connectivity index (χ0) is 50.0. The largest absolute Gasteiger partial charge is 0.466 e. The maximum atomic E-state index is 12.3. The smallest absolute Gasteiger partial charge is 0.306 e. The third-order valence-electron chi connectivity index (χ3n) is 12.8. The molecule has 0 radical (unpaired) electrons. The van der Waals surface area contributed by atoms with Crippen LogP contribution in [0.4, 0.5) is 0 Å². The van der Waals surface area contributed by atoms with Gasteiger partial charge in [0.05, 0.1) is 38.1 Å². The van der Waals surface area contributed by atoms with E-state index in [0.29, 0.717) is 19.8 Å². The van der Waals surface area contributed by atoms with E-state index in [1.165, 1.54) is 103 Å². The fraction of sp³-hybridized carbons (Fsp3) is 0.923. The Morgan fingerprint density at radius 2 is 0.882 bits per heavy atom. The van der Waals surface area contributed by atoms with Gasteiger partial charge < -0.3 is 58.4 Å². The maximum absolute atomic E-state index is 12.3. The van der Waals surface area contributed by atoms with E-state index in [2.05, 4.69) is 24.5 Å². The summed E-state index contributed by atoms with van der Waals surface area (Å²) in [5.74, 6) is -2.75. The number of aliphatic hydroxyl groups excluding tert-OH is 1. The van der Waals surface area contributed by atoms with E-state index in [4.69, 9.17) is 42.6 Å². The van der Waals surface area contributed by atoms with Crippen LogP contribution in [0.2, 0.25) is 0 Å². The first-order valence-electron chi connectivity index (χ1n) is 26.7. The van der Waals surface area contributed by atoms with Crippen LogP contribution >= 0.6 is 0 Å². The van der Waals surface area contributed by atoms with E-state index in [9.17, 15) is 24.3 Å². The molecule has 4 aliphatic heterocycles. The topological polar surface area (TPSA) is 196 Å². The van der Waals surface area contributed by atoms with E-state index < -0.39 is 54.6 Å². The Kier molecular flexibility index (Phi) is 28.6. The number of amides is 2. The highest BCUT2D eigenvalue weighted by atomic mass is 16.8. The van der Waals surface area contributed by atoms with E-state index >= 15 is 0 Å². The Hall–Kier alpha value is -2.44. The van der Waals surface area contributed by atoms with Crippen LogP contribution in [-0.4, -0.2) is 122 Å². The number of fused-ring (bicyclic) bond motifs is 2. The normalized spacial score (nSPS) is 26.3. The highest BCUT2D eigenvalue weighted by Gasteiger charge is 2.58. The number of rotatable bonds is 34. The second-order valence-electron chi connectivity index (χ2n) is 20.1. The first-order valence-corrected chi connectivity index (χ1v) is 26.7. The minimum Gasteiger partial charge on any atom is -0.466 e. The van der Waals surface area contributed by atoms with E-state index in [0.717, 1.165) is 25.7 Å². The highest BCUT2D eigenvalue weighted by Crippen LogP contribution is 2.41. The number of unbranched alkanes of at least 4 members (excludes halogenated alkanes) is 18. The third-order valence-corrected chi connectivity index (χ3v) is 12.8. The van der Waals surface area contributed by atoms with Crippen LogP contribution in [0, 0.1) is 0 Å². The van der Waals surface area contributed by atoms with Crippen molar-refractivity contribution >= 4 is 23.8 Å². The van der Waals surface area contributed by atoms with Gasteiger partial charge in [-0.05, 0) is 61.3 Å². The van der Waals surface area contributed by atoms with Crippen molar-refractivity contribution in [1.29, 1.82) is 0 Å². The van der Waals surface area contributed by atoms with Crippen molar-refractivity contribution in [2.45, 2.75) is 289 Å². The van der Waals surface area contributed by atoms with Crippen LogP contribution in [0.15, 0.2) is 0 Å². The monoisotopic (exact) mass is 971 g/mol. The number of aliphatic hydroxyl groups is 1. The number of nitrogens with one attached hydrogen (secondary N) is 2. The molecule has 0 aromatic heterocycles. The molecule has 4 aliphatic rings. The summed E-state index contributed by atoms with van der Waals surface area (Å²) in [7, 11) is 0. The Bertz CT molecular complexity index is 1430. The summed E-state index contributed by atoms with van der Waals surface area (Å²) >= 11 is 0. The average Bonchev–Trinajstić information content (AvgIpc) is 3.99. The van der Waals surface area contributed by atoms with Crippen molar-refractivity contribution in [3.05, 3.63) is 0 Å². The molecule has 0 aliphatic carbocycles. The third kappa shape index (κ3) is 22.8. The van der Waals surface area contributed by atoms with Gasteiger partial charge in [0.2, 0.25) is 11.8 Å². The molecule has 10 atom stereocenters. The van der Waals surface area contributed by atoms with Crippen LogP contribution in [0.5, 0.6) is 0 Å². The van der Waals surface area contributed by atoms with Gasteiger partial charge in [0.1, 0.15) is 36.6 Å². The van der Waals surface area contributed by atoms with Crippen LogP contribution in [0.3, 0.4) is 0 Å². The zero-order valence-corrected chi connectivity index (χ0v) is 43.6. The summed E-state index contributed by atoms with van der Waals surface area (Å²) in [6, 6.07) is -0.720. The molecule has 0 spiro atoms. The predicted octanol–water partition coefficient (Wildman–Crippen LogP) is 8.99. The van der Waals surface area contributed by atoms with Crippen molar-refractivity contribution < 1.29 is 66.9 Å². The number of carbonyl (C=O) groups is 4. The van der Waals surface area contributed by atoms with Gasteiger partial charge in [-0.2, -0.15) is 0 Å². The number of hydrogen-bond donors (Lipinski definition) is 3. The molecular weight excluding hydrogens is 877 g/mol. The summed E-state index contributed by atoms with van der Waals surface area (Å²) < 4.78 is 51.6. The van der Waals surface area contributed by atoms with Crippen LogP contribution in [0.1, 0.15) is 216 Å². The van der Waals surface area contributed by atoms with Gasteiger partial charge in [-0.1, -0.05) is 129 Å². The lowest BCUT2D eigenvalue weighted by Gasteiger charge is -2.27. The fourth-order valence-corrected chi connectivity index (χ4v) is 9.26. The SMILES string of the molecule is CCCCCCCCCCCCOC(=O)CCC(=O)N[C@@H](C)[C@H]1O[C@H](O)[C@H]2OC(C)(C)O[C@@H]12.CCCCCCCCCCCCO[C@H]1O[C@H]([C@H](C)NC(=O)CCC(=O)OCC)[C@@H]2OC(C)(C)O[C@H]12. The Balaban J connectivity index is 0.000000361. The minimum atomic E-state index is -1.10. The number of esters is 2. The molecular formula is C52H94N2O14. The summed E-state index contributed by atoms with van der Waals surface area (Å²) in [5, 5.41) is 15.8. The van der Waals surface area contributed by atoms with Crippen molar-refractivity contribution in [2.75, 3.05) is 19.8 Å². The molecule has 4 heterocycles. The first kappa shape index (κ1) is 59.9. The standard InChI is InChI=1S/C27H49NO7.C25H45NO7/c1-6-8-9-10-11-12-13-14-15-16-19-32-26-25-24(34-27(4,5)35-25)23(33-26)20(3)28-21(29)17-18-22(30)31-7-2;1-5-6-7-8-9-10-11-12-13-14-17-30-20(28)16-15-19(27)26-18(2)21-22-23(24(29)31-21)33-25(3,4)32-22/h20,23-26H,6-19H2,1-5H3,(H,28,29);18,21-24,29H,5-17H2,1-4H3,(H,26,27)/t20-,23+,24-,25-,26-;18-,21+,22-,23-,24-/m00/s1. The molecule has 68 heavy (non-hydrogen) atoms. The van der Waals surface area contributed by atoms with Gasteiger partial charge in [-0.25, -0.2) is 0 Å². The summed E-state index contributed by atoms with van der Waals surface area (Å²) in [4.78, 5) is 48.0. The van der Waals surface area contributed by atoms with Gasteiger partial charge >= 0.3 is 11.9 Å². The van der Waals surface area contributed by atoms with Gasteiger partial charge in [0.15, 0.2) is 24.2 Å². The van der Waals surface area contributed by atoms with Gasteiger partial charge in [-0.15, -0.1) is 0 Å². The second-order valence-corrected chi connectivity index (χ2v) is 20.1. The maximum Gasteiger partial charge on any atom is 0.306 e. The van der Waals surface area contributed by atoms with Crippen molar-refractivity contribution in [2.24, 2.45) is 0 Å². The lowest BCUT2D eigenvalue weighted by atomic mass is 10.0. The average molecular weight is 971 g/mol. The molecule has 0 bridgehead atoms. The first-order chi connectivity index (χ1) is 32.5. The quantitative estimate of drug-likeness (QED) is 0.0408. The van der Waals surface area contributed by atoms with Crippen molar-refractivity contribution in [3.63, 3.8) is 0 Å². The Labute approximate surface area is 409 Å². The number of ether oxygens (including phenoxy) is 9. The fourth-order valence-electron chi connectivity index (χ4n) is 9.26. The van der Waals surface area contributed by atoms with E-state index in [-0.39, 0.29) is 67.7 Å². The lowest BCUT2D eigenvalue weighted by Crippen LogP contribution is -2.47.